The molecule has 3 heterocycles. The summed E-state index contributed by atoms with van der Waals surface area (Å²) in [6, 6.07) is 8.33. The molecule has 1 fully saturated rings. The van der Waals surface area contributed by atoms with Crippen LogP contribution in [0.15, 0.2) is 29.3 Å². The van der Waals surface area contributed by atoms with Gasteiger partial charge in [0.2, 0.25) is 5.91 Å². The van der Waals surface area contributed by atoms with E-state index in [0.717, 1.165) is 37.6 Å². The molecule has 0 saturated carbocycles. The number of hydrogen-bond acceptors (Lipinski definition) is 6. The number of aliphatic imine (C=N–C) groups is 1. The number of carbonyl (C=O) groups is 2. The molecule has 1 saturated heterocycles. The van der Waals surface area contributed by atoms with Crippen LogP contribution in [0, 0.1) is 0 Å². The van der Waals surface area contributed by atoms with Gasteiger partial charge in [-0.05, 0) is 45.2 Å². The second-order valence-corrected chi connectivity index (χ2v) is 9.39. The van der Waals surface area contributed by atoms with Crippen molar-refractivity contribution in [1.29, 1.82) is 0 Å². The summed E-state index contributed by atoms with van der Waals surface area (Å²) in [6.45, 7) is 9.79. The molecule has 0 aliphatic carbocycles. The van der Waals surface area contributed by atoms with Crippen LogP contribution in [0.4, 0.5) is 10.5 Å². The third-order valence-electron chi connectivity index (χ3n) is 5.90. The van der Waals surface area contributed by atoms with Crippen molar-refractivity contribution in [3.8, 4) is 0 Å². The summed E-state index contributed by atoms with van der Waals surface area (Å²) < 4.78 is 5.50. The number of anilines is 1. The van der Waals surface area contributed by atoms with E-state index < -0.39 is 5.60 Å². The minimum atomic E-state index is -0.484. The van der Waals surface area contributed by atoms with Gasteiger partial charge in [-0.2, -0.15) is 0 Å². The van der Waals surface area contributed by atoms with Crippen LogP contribution in [0.3, 0.4) is 0 Å². The monoisotopic (exact) mass is 427 g/mol. The van der Waals surface area contributed by atoms with Gasteiger partial charge in [0.25, 0.3) is 0 Å². The number of rotatable bonds is 4. The Balaban J connectivity index is 1.19. The van der Waals surface area contributed by atoms with Gasteiger partial charge in [-0.25, -0.2) is 4.79 Å². The lowest BCUT2D eigenvalue weighted by Gasteiger charge is -2.39. The minimum Gasteiger partial charge on any atom is -0.444 e. The van der Waals surface area contributed by atoms with E-state index in [-0.39, 0.29) is 18.0 Å². The molecule has 0 spiro atoms. The maximum atomic E-state index is 12.6. The van der Waals surface area contributed by atoms with Crippen LogP contribution < -0.4 is 10.2 Å². The fraction of sp³-hybridized carbons (Fsp3) is 0.609. The Morgan fingerprint density at radius 3 is 2.81 bits per heavy atom. The number of benzene rings is 1. The van der Waals surface area contributed by atoms with Crippen LogP contribution >= 0.6 is 0 Å². The standard InChI is InChI=1S/C23H33N5O3/c1-23(2,3)31-22(30)26-13-14-27-18(16-26)15-25-21(27)24-11-6-9-20(29)28-12-10-17-7-4-5-8-19(17)28/h4-5,7-8,18H,6,9-16H2,1-3H3,(H,24,25). The van der Waals surface area contributed by atoms with Gasteiger partial charge in [0.15, 0.2) is 5.96 Å². The molecule has 0 radical (unpaired) electrons. The summed E-state index contributed by atoms with van der Waals surface area (Å²) in [5, 5.41) is 3.40. The first-order chi connectivity index (χ1) is 14.8. The zero-order valence-electron chi connectivity index (χ0n) is 18.8. The highest BCUT2D eigenvalue weighted by Crippen LogP contribution is 2.28. The normalized spacial score (nSPS) is 20.3. The van der Waals surface area contributed by atoms with E-state index in [0.29, 0.717) is 32.6 Å². The van der Waals surface area contributed by atoms with E-state index in [1.54, 1.807) is 4.90 Å². The summed E-state index contributed by atoms with van der Waals surface area (Å²) in [5.74, 6) is 1.07. The number of para-hydroxylation sites is 1. The van der Waals surface area contributed by atoms with Crippen molar-refractivity contribution < 1.29 is 14.3 Å². The van der Waals surface area contributed by atoms with Gasteiger partial charge < -0.3 is 24.8 Å². The lowest BCUT2D eigenvalue weighted by atomic mass is 10.2. The number of amides is 2. The minimum absolute atomic E-state index is 0.184. The number of guanidine groups is 1. The quantitative estimate of drug-likeness (QED) is 0.746. The molecule has 3 aliphatic rings. The molecule has 0 bridgehead atoms. The van der Waals surface area contributed by atoms with E-state index in [2.05, 4.69) is 21.3 Å². The Labute approximate surface area is 184 Å². The van der Waals surface area contributed by atoms with E-state index in [9.17, 15) is 9.59 Å². The van der Waals surface area contributed by atoms with E-state index in [1.165, 1.54) is 5.56 Å². The number of carbonyl (C=O) groups excluding carboxylic acids is 2. The molecule has 1 aromatic carbocycles. The Bertz CT molecular complexity index is 863. The van der Waals surface area contributed by atoms with E-state index in [1.807, 2.05) is 43.9 Å². The van der Waals surface area contributed by atoms with Crippen molar-refractivity contribution in [2.24, 2.45) is 4.99 Å². The molecule has 3 aliphatic heterocycles. The maximum absolute atomic E-state index is 12.6. The van der Waals surface area contributed by atoms with Crippen molar-refractivity contribution in [2.75, 3.05) is 44.2 Å². The predicted octanol–water partition coefficient (Wildman–Crippen LogP) is 2.24. The van der Waals surface area contributed by atoms with Gasteiger partial charge in [-0.1, -0.05) is 18.2 Å². The molecule has 2 amide bonds. The molecule has 31 heavy (non-hydrogen) atoms. The Kier molecular flexibility index (Phi) is 6.07. The van der Waals surface area contributed by atoms with Gasteiger partial charge in [-0.15, -0.1) is 0 Å². The molecule has 1 aromatic rings. The second-order valence-electron chi connectivity index (χ2n) is 9.39. The second kappa shape index (κ2) is 8.77. The average molecular weight is 428 g/mol. The van der Waals surface area contributed by atoms with Crippen LogP contribution in [0.2, 0.25) is 0 Å². The predicted molar refractivity (Wildman–Crippen MR) is 120 cm³/mol. The number of nitrogens with zero attached hydrogens (tertiary/aromatic N) is 4. The van der Waals surface area contributed by atoms with Crippen molar-refractivity contribution in [3.63, 3.8) is 0 Å². The van der Waals surface area contributed by atoms with E-state index >= 15 is 0 Å². The highest BCUT2D eigenvalue weighted by molar-refractivity contribution is 5.95. The van der Waals surface area contributed by atoms with E-state index in [4.69, 9.17) is 4.74 Å². The number of ether oxygens (including phenoxy) is 1. The molecular weight excluding hydrogens is 394 g/mol. The van der Waals surface area contributed by atoms with Gasteiger partial charge >= 0.3 is 6.09 Å². The first-order valence-electron chi connectivity index (χ1n) is 11.2. The van der Waals surface area contributed by atoms with Gasteiger partial charge in [-0.3, -0.25) is 9.79 Å². The average Bonchev–Trinajstić information content (AvgIpc) is 3.33. The molecule has 1 N–H and O–H groups in total. The van der Waals surface area contributed by atoms with Gasteiger partial charge in [0.1, 0.15) is 5.60 Å². The molecule has 4 rings (SSSR count). The van der Waals surface area contributed by atoms with Crippen molar-refractivity contribution in [1.82, 2.24) is 15.1 Å². The fourth-order valence-electron chi connectivity index (χ4n) is 4.39. The number of nitrogens with one attached hydrogen (secondary N) is 1. The third kappa shape index (κ3) is 4.94. The van der Waals surface area contributed by atoms with Crippen LogP contribution in [-0.4, -0.2) is 78.7 Å². The summed E-state index contributed by atoms with van der Waals surface area (Å²) in [5.41, 5.74) is 1.83. The summed E-state index contributed by atoms with van der Waals surface area (Å²) in [6.07, 6.45) is 1.97. The first-order valence-corrected chi connectivity index (χ1v) is 11.2. The highest BCUT2D eigenvalue weighted by Gasteiger charge is 2.36. The van der Waals surface area contributed by atoms with Crippen molar-refractivity contribution >= 4 is 23.6 Å². The van der Waals surface area contributed by atoms with Crippen LogP contribution in [0.1, 0.15) is 39.2 Å². The summed E-state index contributed by atoms with van der Waals surface area (Å²) >= 11 is 0. The molecule has 8 nitrogen and oxygen atoms in total. The zero-order chi connectivity index (χ0) is 22.0. The largest absolute Gasteiger partial charge is 0.444 e. The highest BCUT2D eigenvalue weighted by atomic mass is 16.6. The molecule has 1 unspecified atom stereocenters. The molecular formula is C23H33N5O3. The van der Waals surface area contributed by atoms with Crippen LogP contribution in [0.25, 0.3) is 0 Å². The fourth-order valence-corrected chi connectivity index (χ4v) is 4.39. The van der Waals surface area contributed by atoms with Gasteiger partial charge in [0, 0.05) is 44.8 Å². The topological polar surface area (TPSA) is 77.5 Å². The third-order valence-corrected chi connectivity index (χ3v) is 5.90. The van der Waals surface area contributed by atoms with Crippen molar-refractivity contribution in [2.45, 2.75) is 51.7 Å². The number of fused-ring (bicyclic) bond motifs is 2. The van der Waals surface area contributed by atoms with Crippen molar-refractivity contribution in [3.05, 3.63) is 29.8 Å². The summed E-state index contributed by atoms with van der Waals surface area (Å²) in [4.78, 5) is 35.5. The Hall–Kier alpha value is -2.77. The molecule has 1 atom stereocenters. The smallest absolute Gasteiger partial charge is 0.410 e. The molecule has 168 valence electrons. The molecule has 8 heteroatoms. The van der Waals surface area contributed by atoms with Gasteiger partial charge in [0.05, 0.1) is 12.6 Å². The summed E-state index contributed by atoms with van der Waals surface area (Å²) in [7, 11) is 0. The first kappa shape index (κ1) is 21.5. The Morgan fingerprint density at radius 2 is 2.00 bits per heavy atom. The maximum Gasteiger partial charge on any atom is 0.410 e. The lowest BCUT2D eigenvalue weighted by molar-refractivity contribution is -0.118. The Morgan fingerprint density at radius 1 is 1.19 bits per heavy atom. The molecule has 0 aromatic heterocycles. The zero-order valence-corrected chi connectivity index (χ0v) is 18.8. The van der Waals surface area contributed by atoms with Crippen LogP contribution in [-0.2, 0) is 16.0 Å². The lowest BCUT2D eigenvalue weighted by Crippen LogP contribution is -2.57. The number of piperazine rings is 1. The SMILES string of the molecule is CC(C)(C)OC(=O)N1CCN2C(NCCCC(=O)N3CCc4ccccc43)=NCC2C1. The number of hydrogen-bond donors (Lipinski definition) is 1. The van der Waals surface area contributed by atoms with Crippen LogP contribution in [0.5, 0.6) is 0 Å².